The Morgan fingerprint density at radius 3 is 2.20 bits per heavy atom. The minimum absolute atomic E-state index is 0.220. The molecule has 0 saturated carbocycles. The van der Waals surface area contributed by atoms with Crippen LogP contribution in [0.4, 0.5) is 0 Å². The van der Waals surface area contributed by atoms with Crippen LogP contribution in [0.1, 0.15) is 5.56 Å². The Bertz CT molecular complexity index is 753. The van der Waals surface area contributed by atoms with E-state index in [1.807, 2.05) is 19.1 Å². The van der Waals surface area contributed by atoms with Crippen LogP contribution in [0.3, 0.4) is 0 Å². The van der Waals surface area contributed by atoms with E-state index in [2.05, 4.69) is 26.8 Å². The summed E-state index contributed by atoms with van der Waals surface area (Å²) < 4.78 is 11.4. The third-order valence-electron chi connectivity index (χ3n) is 2.98. The van der Waals surface area contributed by atoms with Crippen molar-refractivity contribution < 1.29 is 19.1 Å². The molecule has 0 unspecified atom stereocenters. The molecule has 2 rings (SSSR count). The molecule has 0 bridgehead atoms. The highest BCUT2D eigenvalue weighted by Gasteiger charge is 2.08. The molecule has 0 atom stereocenters. The molecule has 2 amide bonds. The molecule has 0 aliphatic heterocycles. The van der Waals surface area contributed by atoms with E-state index >= 15 is 0 Å². The summed E-state index contributed by atoms with van der Waals surface area (Å²) in [7, 11) is 0. The highest BCUT2D eigenvalue weighted by Crippen LogP contribution is 2.27. The van der Waals surface area contributed by atoms with Crippen LogP contribution in [0, 0.1) is 6.92 Å². The van der Waals surface area contributed by atoms with Crippen molar-refractivity contribution in [2.45, 2.75) is 6.92 Å². The van der Waals surface area contributed by atoms with Crippen LogP contribution in [0.5, 0.6) is 11.5 Å². The molecule has 0 aliphatic rings. The predicted molar refractivity (Wildman–Crippen MR) is 97.6 cm³/mol. The van der Waals surface area contributed by atoms with Gasteiger partial charge in [0.25, 0.3) is 11.8 Å². The topological polar surface area (TPSA) is 76.7 Å². The third kappa shape index (κ3) is 6.64. The number of carbonyl (C=O) groups excluding carboxylic acids is 2. The first-order valence-corrected chi connectivity index (χ1v) is 8.46. The summed E-state index contributed by atoms with van der Waals surface area (Å²) in [6.45, 7) is 1.44. The standard InChI is InChI=1S/C17H16BrClN2O4/c1-11-2-5-13(6-3-11)24-9-16(22)20-21-17(23)10-25-15-7-4-12(18)8-14(15)19/h2-8H,9-10H2,1H3,(H,20,22)(H,21,23). The molecule has 25 heavy (non-hydrogen) atoms. The van der Waals surface area contributed by atoms with Crippen LogP contribution in [0.15, 0.2) is 46.9 Å². The van der Waals surface area contributed by atoms with Gasteiger partial charge in [-0.2, -0.15) is 0 Å². The first-order valence-electron chi connectivity index (χ1n) is 7.29. The van der Waals surface area contributed by atoms with Gasteiger partial charge in [0.15, 0.2) is 13.2 Å². The van der Waals surface area contributed by atoms with E-state index in [0.717, 1.165) is 10.0 Å². The number of carbonyl (C=O) groups is 2. The number of nitrogens with one attached hydrogen (secondary N) is 2. The maximum Gasteiger partial charge on any atom is 0.276 e. The Balaban J connectivity index is 1.68. The number of hydrogen-bond donors (Lipinski definition) is 2. The summed E-state index contributed by atoms with van der Waals surface area (Å²) in [5.74, 6) is -0.0763. The van der Waals surface area contributed by atoms with Crippen LogP contribution in [-0.2, 0) is 9.59 Å². The second kappa shape index (κ2) is 9.29. The number of rotatable bonds is 6. The molecule has 0 aliphatic carbocycles. The summed E-state index contributed by atoms with van der Waals surface area (Å²) in [6.07, 6.45) is 0. The van der Waals surface area contributed by atoms with Crippen LogP contribution in [0.2, 0.25) is 5.02 Å². The molecule has 132 valence electrons. The van der Waals surface area contributed by atoms with E-state index in [-0.39, 0.29) is 13.2 Å². The Morgan fingerprint density at radius 1 is 1.00 bits per heavy atom. The van der Waals surface area contributed by atoms with Gasteiger partial charge in [-0.1, -0.05) is 45.2 Å². The van der Waals surface area contributed by atoms with Crippen molar-refractivity contribution in [3.63, 3.8) is 0 Å². The lowest BCUT2D eigenvalue weighted by molar-refractivity contribution is -0.131. The Kier molecular flexibility index (Phi) is 7.09. The number of halogens is 2. The van der Waals surface area contributed by atoms with Crippen molar-refractivity contribution in [3.05, 3.63) is 57.5 Å². The largest absolute Gasteiger partial charge is 0.484 e. The first-order chi connectivity index (χ1) is 11.9. The molecule has 0 spiro atoms. The average molecular weight is 428 g/mol. The molecule has 2 N–H and O–H groups in total. The van der Waals surface area contributed by atoms with Gasteiger partial charge in [-0.3, -0.25) is 20.4 Å². The van der Waals surface area contributed by atoms with Gasteiger partial charge in [-0.05, 0) is 37.3 Å². The molecule has 6 nitrogen and oxygen atoms in total. The zero-order valence-electron chi connectivity index (χ0n) is 13.3. The average Bonchev–Trinajstić information content (AvgIpc) is 2.58. The summed E-state index contributed by atoms with van der Waals surface area (Å²) in [5.41, 5.74) is 5.57. The predicted octanol–water partition coefficient (Wildman–Crippen LogP) is 3.02. The molecular weight excluding hydrogens is 412 g/mol. The minimum Gasteiger partial charge on any atom is -0.484 e. The summed E-state index contributed by atoms with van der Waals surface area (Å²) in [6, 6.07) is 12.3. The first kappa shape index (κ1) is 19.1. The fraction of sp³-hybridized carbons (Fsp3) is 0.176. The normalized spacial score (nSPS) is 10.0. The number of benzene rings is 2. The van der Waals surface area contributed by atoms with Crippen molar-refractivity contribution in [2.24, 2.45) is 0 Å². The monoisotopic (exact) mass is 426 g/mol. The fourth-order valence-corrected chi connectivity index (χ4v) is 2.46. The highest BCUT2D eigenvalue weighted by atomic mass is 79.9. The van der Waals surface area contributed by atoms with Gasteiger partial charge in [0.2, 0.25) is 0 Å². The number of aryl methyl sites for hydroxylation is 1. The van der Waals surface area contributed by atoms with Gasteiger partial charge in [-0.15, -0.1) is 0 Å². The van der Waals surface area contributed by atoms with E-state index in [0.29, 0.717) is 16.5 Å². The Labute approximate surface area is 158 Å². The van der Waals surface area contributed by atoms with E-state index in [1.54, 1.807) is 30.3 Å². The Morgan fingerprint density at radius 2 is 1.60 bits per heavy atom. The zero-order chi connectivity index (χ0) is 18.2. The second-order valence-corrected chi connectivity index (χ2v) is 6.38. The summed E-state index contributed by atoms with van der Waals surface area (Å²) in [5, 5.41) is 0.373. The summed E-state index contributed by atoms with van der Waals surface area (Å²) >= 11 is 9.25. The maximum absolute atomic E-state index is 11.7. The van der Waals surface area contributed by atoms with Crippen LogP contribution < -0.4 is 20.3 Å². The maximum atomic E-state index is 11.7. The van der Waals surface area contributed by atoms with Crippen molar-refractivity contribution >= 4 is 39.3 Å². The van der Waals surface area contributed by atoms with Crippen molar-refractivity contribution in [2.75, 3.05) is 13.2 Å². The smallest absolute Gasteiger partial charge is 0.276 e. The number of hydrazine groups is 1. The second-order valence-electron chi connectivity index (χ2n) is 5.06. The fourth-order valence-electron chi connectivity index (χ4n) is 1.73. The molecule has 0 radical (unpaired) electrons. The third-order valence-corrected chi connectivity index (χ3v) is 3.77. The van der Waals surface area contributed by atoms with Crippen molar-refractivity contribution in [1.29, 1.82) is 0 Å². The lowest BCUT2D eigenvalue weighted by Crippen LogP contribution is -2.45. The molecule has 8 heteroatoms. The van der Waals surface area contributed by atoms with Crippen LogP contribution in [0.25, 0.3) is 0 Å². The molecule has 0 aromatic heterocycles. The number of amides is 2. The van der Waals surface area contributed by atoms with E-state index in [9.17, 15) is 9.59 Å². The van der Waals surface area contributed by atoms with E-state index < -0.39 is 11.8 Å². The SMILES string of the molecule is Cc1ccc(OCC(=O)NNC(=O)COc2ccc(Br)cc2Cl)cc1. The Hall–Kier alpha value is -2.25. The van der Waals surface area contributed by atoms with Gasteiger partial charge in [0, 0.05) is 4.47 Å². The molecule has 2 aromatic rings. The van der Waals surface area contributed by atoms with Crippen molar-refractivity contribution in [3.8, 4) is 11.5 Å². The number of ether oxygens (including phenoxy) is 2. The summed E-state index contributed by atoms with van der Waals surface area (Å²) in [4.78, 5) is 23.3. The van der Waals surface area contributed by atoms with Gasteiger partial charge >= 0.3 is 0 Å². The quantitative estimate of drug-likeness (QED) is 0.695. The van der Waals surface area contributed by atoms with E-state index in [1.165, 1.54) is 0 Å². The van der Waals surface area contributed by atoms with Gasteiger partial charge in [0.05, 0.1) is 5.02 Å². The lowest BCUT2D eigenvalue weighted by atomic mass is 10.2. The van der Waals surface area contributed by atoms with Gasteiger partial charge in [0.1, 0.15) is 11.5 Å². The molecular formula is C17H16BrClN2O4. The van der Waals surface area contributed by atoms with Crippen LogP contribution in [-0.4, -0.2) is 25.0 Å². The van der Waals surface area contributed by atoms with Gasteiger partial charge in [-0.25, -0.2) is 0 Å². The minimum atomic E-state index is -0.525. The van der Waals surface area contributed by atoms with E-state index in [4.69, 9.17) is 21.1 Å². The molecule has 0 heterocycles. The highest BCUT2D eigenvalue weighted by molar-refractivity contribution is 9.10. The number of hydrogen-bond acceptors (Lipinski definition) is 4. The molecule has 0 fully saturated rings. The zero-order valence-corrected chi connectivity index (χ0v) is 15.7. The van der Waals surface area contributed by atoms with Gasteiger partial charge < -0.3 is 9.47 Å². The molecule has 0 saturated heterocycles. The van der Waals surface area contributed by atoms with Crippen molar-refractivity contribution in [1.82, 2.24) is 10.9 Å². The lowest BCUT2D eigenvalue weighted by Gasteiger charge is -2.10. The van der Waals surface area contributed by atoms with Crippen LogP contribution >= 0.6 is 27.5 Å². The molecule has 2 aromatic carbocycles.